The van der Waals surface area contributed by atoms with Crippen molar-refractivity contribution >= 4 is 23.7 Å². The summed E-state index contributed by atoms with van der Waals surface area (Å²) in [5.74, 6) is -1.26. The molecule has 1 fully saturated rings. The molecule has 8 heteroatoms. The van der Waals surface area contributed by atoms with Gasteiger partial charge in [-0.1, -0.05) is 60.7 Å². The Labute approximate surface area is 211 Å². The second-order valence-electron chi connectivity index (χ2n) is 9.51. The average Bonchev–Trinajstić information content (AvgIpc) is 3.50. The zero-order valence-corrected chi connectivity index (χ0v) is 19.4. The Bertz CT molecular complexity index is 1540. The lowest BCUT2D eigenvalue weighted by Gasteiger charge is -2.45. The number of nitro groups is 1. The number of rotatable bonds is 4. The predicted molar refractivity (Wildman–Crippen MR) is 134 cm³/mol. The Morgan fingerprint density at radius 3 is 1.89 bits per heavy atom. The minimum atomic E-state index is -0.503. The third-order valence-corrected chi connectivity index (χ3v) is 7.69. The van der Waals surface area contributed by atoms with Crippen LogP contribution in [0.25, 0.3) is 11.3 Å². The molecule has 0 radical (unpaired) electrons. The molecule has 0 N–H and O–H groups in total. The van der Waals surface area contributed by atoms with Gasteiger partial charge < -0.3 is 4.42 Å². The van der Waals surface area contributed by atoms with Gasteiger partial charge in [0.05, 0.1) is 23.0 Å². The van der Waals surface area contributed by atoms with Crippen LogP contribution < -0.4 is 0 Å². The highest BCUT2D eigenvalue weighted by Crippen LogP contribution is 2.60. The standard InChI is InChI=1S/C29H19N3O5/c33-28-26-24-19-8-1-2-9-20(19)25(22-11-4-3-10-21(22)24)27(26)29(34)31(28)30-15-18-12-13-23(37-18)16-6-5-7-17(14-16)32(35)36/h1-15,24-27H/b30-15-/t24?,25?,26-,27-/m1/s1. The van der Waals surface area contributed by atoms with Crippen molar-refractivity contribution in [1.82, 2.24) is 5.01 Å². The molecule has 0 spiro atoms. The van der Waals surface area contributed by atoms with Gasteiger partial charge in [-0.05, 0) is 34.4 Å². The molecule has 0 saturated carbocycles. The summed E-state index contributed by atoms with van der Waals surface area (Å²) in [6, 6.07) is 25.6. The van der Waals surface area contributed by atoms with Crippen LogP contribution in [0, 0.1) is 22.0 Å². The van der Waals surface area contributed by atoms with Gasteiger partial charge in [0, 0.05) is 29.5 Å². The number of hydrogen-bond acceptors (Lipinski definition) is 6. The van der Waals surface area contributed by atoms with Gasteiger partial charge in [-0.2, -0.15) is 10.1 Å². The van der Waals surface area contributed by atoms with Crippen LogP contribution in [0.3, 0.4) is 0 Å². The molecule has 3 aromatic carbocycles. The first-order valence-corrected chi connectivity index (χ1v) is 12.0. The molecule has 1 aliphatic heterocycles. The molecule has 2 atom stereocenters. The Morgan fingerprint density at radius 1 is 0.784 bits per heavy atom. The summed E-state index contributed by atoms with van der Waals surface area (Å²) < 4.78 is 5.79. The van der Waals surface area contributed by atoms with Gasteiger partial charge in [-0.25, -0.2) is 0 Å². The third-order valence-electron chi connectivity index (χ3n) is 7.69. The fraction of sp³-hybridized carbons (Fsp3) is 0.138. The minimum absolute atomic E-state index is 0.0448. The van der Waals surface area contributed by atoms with Crippen molar-refractivity contribution in [1.29, 1.82) is 0 Å². The molecular weight excluding hydrogens is 470 g/mol. The van der Waals surface area contributed by atoms with Crippen LogP contribution in [0.4, 0.5) is 5.69 Å². The monoisotopic (exact) mass is 489 g/mol. The molecule has 180 valence electrons. The number of hydrazone groups is 1. The number of amides is 2. The second-order valence-corrected chi connectivity index (χ2v) is 9.51. The van der Waals surface area contributed by atoms with Crippen molar-refractivity contribution in [2.45, 2.75) is 11.8 Å². The van der Waals surface area contributed by atoms with Crippen LogP contribution >= 0.6 is 0 Å². The maximum Gasteiger partial charge on any atom is 0.270 e. The highest BCUT2D eigenvalue weighted by Gasteiger charge is 2.61. The van der Waals surface area contributed by atoms with E-state index in [4.69, 9.17) is 4.42 Å². The first-order chi connectivity index (χ1) is 18.0. The number of furan rings is 1. The van der Waals surface area contributed by atoms with E-state index in [-0.39, 0.29) is 29.3 Å². The van der Waals surface area contributed by atoms with E-state index < -0.39 is 16.8 Å². The highest BCUT2D eigenvalue weighted by atomic mass is 16.6. The van der Waals surface area contributed by atoms with Crippen LogP contribution in [0.15, 0.2) is 94.4 Å². The van der Waals surface area contributed by atoms with Crippen molar-refractivity contribution in [3.63, 3.8) is 0 Å². The molecule has 2 amide bonds. The maximum absolute atomic E-state index is 13.6. The fourth-order valence-electron chi connectivity index (χ4n) is 6.24. The summed E-state index contributed by atoms with van der Waals surface area (Å²) in [6.07, 6.45) is 1.34. The molecular formula is C29H19N3O5. The van der Waals surface area contributed by atoms with E-state index >= 15 is 0 Å². The van der Waals surface area contributed by atoms with Crippen LogP contribution in [-0.4, -0.2) is 28.0 Å². The predicted octanol–water partition coefficient (Wildman–Crippen LogP) is 5.08. The van der Waals surface area contributed by atoms with Crippen molar-refractivity contribution in [3.8, 4) is 11.3 Å². The van der Waals surface area contributed by atoms with Gasteiger partial charge >= 0.3 is 0 Å². The van der Waals surface area contributed by atoms with Gasteiger partial charge in [0.15, 0.2) is 0 Å². The fourth-order valence-corrected chi connectivity index (χ4v) is 6.24. The number of carbonyl (C=O) groups excluding carboxylic acids is 2. The van der Waals surface area contributed by atoms with Crippen LogP contribution in [0.2, 0.25) is 0 Å². The Hall–Kier alpha value is -4.85. The van der Waals surface area contributed by atoms with Gasteiger partial charge in [0.1, 0.15) is 11.5 Å². The Morgan fingerprint density at radius 2 is 1.35 bits per heavy atom. The van der Waals surface area contributed by atoms with E-state index in [0.717, 1.165) is 27.3 Å². The third kappa shape index (κ3) is 3.05. The number of benzene rings is 3. The van der Waals surface area contributed by atoms with Gasteiger partial charge in [-0.15, -0.1) is 0 Å². The molecule has 2 heterocycles. The molecule has 8 rings (SSSR count). The molecule has 2 bridgehead atoms. The maximum atomic E-state index is 13.6. The quantitative estimate of drug-likeness (QED) is 0.172. The largest absolute Gasteiger partial charge is 0.455 e. The molecule has 37 heavy (non-hydrogen) atoms. The van der Waals surface area contributed by atoms with Gasteiger partial charge in [0.25, 0.3) is 17.5 Å². The lowest BCUT2D eigenvalue weighted by Crippen LogP contribution is -2.41. The topological polar surface area (TPSA) is 106 Å². The van der Waals surface area contributed by atoms with E-state index in [2.05, 4.69) is 29.4 Å². The zero-order chi connectivity index (χ0) is 25.3. The summed E-state index contributed by atoms with van der Waals surface area (Å²) in [5.41, 5.74) is 4.91. The van der Waals surface area contributed by atoms with Crippen LogP contribution in [-0.2, 0) is 9.59 Å². The lowest BCUT2D eigenvalue weighted by molar-refractivity contribution is -0.384. The lowest BCUT2D eigenvalue weighted by atomic mass is 9.55. The summed E-state index contributed by atoms with van der Waals surface area (Å²) in [4.78, 5) is 37.8. The molecule has 4 aliphatic rings. The van der Waals surface area contributed by atoms with Crippen molar-refractivity contribution in [2.24, 2.45) is 16.9 Å². The number of nitro benzene ring substituents is 1. The summed E-state index contributed by atoms with van der Waals surface area (Å²) in [5, 5.41) is 16.3. The van der Waals surface area contributed by atoms with Crippen LogP contribution in [0.1, 0.15) is 39.8 Å². The van der Waals surface area contributed by atoms with Crippen molar-refractivity contribution < 1.29 is 18.9 Å². The van der Waals surface area contributed by atoms with E-state index in [1.54, 1.807) is 24.3 Å². The molecule has 8 nitrogen and oxygen atoms in total. The van der Waals surface area contributed by atoms with Crippen LogP contribution in [0.5, 0.6) is 0 Å². The number of hydrogen-bond donors (Lipinski definition) is 0. The smallest absolute Gasteiger partial charge is 0.270 e. The van der Waals surface area contributed by atoms with Gasteiger partial charge in [0.2, 0.25) is 0 Å². The van der Waals surface area contributed by atoms with Crippen molar-refractivity contribution in [2.75, 3.05) is 0 Å². The second kappa shape index (κ2) is 7.83. The SMILES string of the molecule is O=C1[C@@H]2C3c4ccccc4C(c4ccccc43)[C@H]2C(=O)N1/N=C\c1ccc(-c2cccc([N+](=O)[O-])c2)o1. The first-order valence-electron chi connectivity index (χ1n) is 12.0. The van der Waals surface area contributed by atoms with E-state index in [1.165, 1.54) is 18.3 Å². The summed E-state index contributed by atoms with van der Waals surface area (Å²) >= 11 is 0. The number of imide groups is 1. The van der Waals surface area contributed by atoms with Gasteiger partial charge in [-0.3, -0.25) is 19.7 Å². The molecule has 1 aromatic heterocycles. The molecule has 1 saturated heterocycles. The zero-order valence-electron chi connectivity index (χ0n) is 19.4. The number of carbonyl (C=O) groups is 2. The minimum Gasteiger partial charge on any atom is -0.455 e. The summed E-state index contributed by atoms with van der Waals surface area (Å²) in [7, 11) is 0. The first kappa shape index (κ1) is 21.4. The average molecular weight is 489 g/mol. The highest BCUT2D eigenvalue weighted by molar-refractivity contribution is 6.08. The molecule has 3 aliphatic carbocycles. The number of non-ortho nitro benzene ring substituents is 1. The van der Waals surface area contributed by atoms with E-state index in [1.807, 2.05) is 24.3 Å². The Kier molecular flexibility index (Phi) is 4.53. The molecule has 4 aromatic rings. The Balaban J connectivity index is 1.21. The number of nitrogens with zero attached hydrogens (tertiary/aromatic N) is 3. The van der Waals surface area contributed by atoms with E-state index in [0.29, 0.717) is 17.1 Å². The van der Waals surface area contributed by atoms with Crippen molar-refractivity contribution in [3.05, 3.63) is 123 Å². The normalized spacial score (nSPS) is 23.3. The molecule has 0 unspecified atom stereocenters. The van der Waals surface area contributed by atoms with E-state index in [9.17, 15) is 19.7 Å². The summed E-state index contributed by atoms with van der Waals surface area (Å²) in [6.45, 7) is 0.